The highest BCUT2D eigenvalue weighted by molar-refractivity contribution is 6.30. The maximum Gasteiger partial charge on any atom is 0.130 e. The topological polar surface area (TPSA) is 73.7 Å². The van der Waals surface area contributed by atoms with Crippen LogP contribution in [-0.4, -0.2) is 25.6 Å². The second kappa shape index (κ2) is 6.17. The fourth-order valence-electron chi connectivity index (χ4n) is 2.70. The van der Waals surface area contributed by atoms with E-state index in [9.17, 15) is 0 Å². The Balaban J connectivity index is 2.21. The van der Waals surface area contributed by atoms with Crippen LogP contribution in [0.3, 0.4) is 0 Å². The number of hydrazine groups is 1. The summed E-state index contributed by atoms with van der Waals surface area (Å²) < 4.78 is 3.60. The van der Waals surface area contributed by atoms with E-state index in [4.69, 9.17) is 17.4 Å². The van der Waals surface area contributed by atoms with E-state index in [1.54, 1.807) is 4.68 Å². The molecule has 3 N–H and O–H groups in total. The second-order valence-corrected chi connectivity index (χ2v) is 5.88. The van der Waals surface area contributed by atoms with Crippen molar-refractivity contribution in [1.82, 2.24) is 25.0 Å². The summed E-state index contributed by atoms with van der Waals surface area (Å²) in [6.45, 7) is 6.07. The Hall–Kier alpha value is -1.37. The predicted molar refractivity (Wildman–Crippen MR) is 84.2 cm³/mol. The number of aryl methyl sites for hydroxylation is 4. The van der Waals surface area contributed by atoms with Crippen LogP contribution in [0.15, 0.2) is 0 Å². The van der Waals surface area contributed by atoms with Crippen molar-refractivity contribution < 1.29 is 0 Å². The van der Waals surface area contributed by atoms with Crippen LogP contribution >= 0.6 is 11.6 Å². The van der Waals surface area contributed by atoms with E-state index < -0.39 is 0 Å². The molecule has 2 aromatic rings. The summed E-state index contributed by atoms with van der Waals surface area (Å²) >= 11 is 6.30. The first-order valence-electron chi connectivity index (χ1n) is 6.98. The van der Waals surface area contributed by atoms with Gasteiger partial charge in [-0.2, -0.15) is 10.2 Å². The molecule has 0 spiro atoms. The van der Waals surface area contributed by atoms with Crippen LogP contribution in [0, 0.1) is 20.8 Å². The second-order valence-electron chi connectivity index (χ2n) is 5.52. The molecule has 2 aromatic heterocycles. The minimum Gasteiger partial charge on any atom is -0.272 e. The first kappa shape index (κ1) is 16.0. The van der Waals surface area contributed by atoms with Crippen molar-refractivity contribution in [3.05, 3.63) is 33.4 Å². The number of nitrogens with zero attached hydrogens (tertiary/aromatic N) is 4. The molecular weight excluding hydrogens is 288 g/mol. The summed E-state index contributed by atoms with van der Waals surface area (Å²) in [5.41, 5.74) is 8.33. The molecule has 0 aliphatic rings. The van der Waals surface area contributed by atoms with Crippen LogP contribution in [0.2, 0.25) is 5.15 Å². The molecule has 2 heterocycles. The van der Waals surface area contributed by atoms with Crippen LogP contribution in [0.1, 0.15) is 28.2 Å². The molecule has 1 unspecified atom stereocenters. The fourth-order valence-corrected chi connectivity index (χ4v) is 2.95. The molecule has 6 nitrogen and oxygen atoms in total. The summed E-state index contributed by atoms with van der Waals surface area (Å²) in [5, 5.41) is 9.47. The molecule has 0 amide bonds. The highest BCUT2D eigenvalue weighted by atomic mass is 35.5. The average molecular weight is 311 g/mol. The standard InChI is InChI=1S/C14H23ClN6/c1-8-12(10(3)20(4)18-8)6-11(17-16)7-13-9(2)19-21(5)14(13)15/h11,17H,6-7,16H2,1-5H3. The summed E-state index contributed by atoms with van der Waals surface area (Å²) in [6, 6.07) is 0.0898. The van der Waals surface area contributed by atoms with Gasteiger partial charge < -0.3 is 0 Å². The van der Waals surface area contributed by atoms with E-state index in [0.717, 1.165) is 29.8 Å². The number of nitrogens with one attached hydrogen (secondary N) is 1. The van der Waals surface area contributed by atoms with E-state index in [2.05, 4.69) is 22.5 Å². The van der Waals surface area contributed by atoms with Crippen molar-refractivity contribution >= 4 is 11.6 Å². The van der Waals surface area contributed by atoms with Gasteiger partial charge in [0, 0.05) is 31.4 Å². The van der Waals surface area contributed by atoms with Crippen molar-refractivity contribution in [3.8, 4) is 0 Å². The molecular formula is C14H23ClN6. The van der Waals surface area contributed by atoms with Gasteiger partial charge in [0.25, 0.3) is 0 Å². The Morgan fingerprint density at radius 2 is 1.57 bits per heavy atom. The number of rotatable bonds is 5. The molecule has 0 aliphatic carbocycles. The largest absolute Gasteiger partial charge is 0.272 e. The zero-order chi connectivity index (χ0) is 15.7. The molecule has 0 radical (unpaired) electrons. The van der Waals surface area contributed by atoms with Crippen molar-refractivity contribution in [1.29, 1.82) is 0 Å². The summed E-state index contributed by atoms with van der Waals surface area (Å²) in [4.78, 5) is 0. The molecule has 0 fully saturated rings. The minimum absolute atomic E-state index is 0.0898. The zero-order valence-corrected chi connectivity index (χ0v) is 14.0. The lowest BCUT2D eigenvalue weighted by Crippen LogP contribution is -2.38. The number of hydrogen-bond donors (Lipinski definition) is 2. The molecule has 0 aromatic carbocycles. The summed E-state index contributed by atoms with van der Waals surface area (Å²) in [5.74, 6) is 5.73. The van der Waals surface area contributed by atoms with Gasteiger partial charge in [0.05, 0.1) is 11.4 Å². The SMILES string of the molecule is Cc1nn(C)c(C)c1CC(Cc1c(C)nn(C)c1Cl)NN. The molecule has 0 bridgehead atoms. The molecule has 116 valence electrons. The highest BCUT2D eigenvalue weighted by Crippen LogP contribution is 2.22. The highest BCUT2D eigenvalue weighted by Gasteiger charge is 2.19. The Morgan fingerprint density at radius 3 is 2.00 bits per heavy atom. The van der Waals surface area contributed by atoms with Crippen molar-refractivity contribution in [2.75, 3.05) is 0 Å². The number of halogens is 1. The molecule has 0 saturated heterocycles. The Morgan fingerprint density at radius 1 is 1.05 bits per heavy atom. The molecule has 21 heavy (non-hydrogen) atoms. The first-order chi connectivity index (χ1) is 9.85. The number of hydrogen-bond acceptors (Lipinski definition) is 4. The summed E-state index contributed by atoms with van der Waals surface area (Å²) in [6.07, 6.45) is 1.55. The lowest BCUT2D eigenvalue weighted by molar-refractivity contribution is 0.519. The van der Waals surface area contributed by atoms with Crippen LogP contribution in [0.4, 0.5) is 0 Å². The maximum absolute atomic E-state index is 6.30. The van der Waals surface area contributed by atoms with Crippen LogP contribution < -0.4 is 11.3 Å². The van der Waals surface area contributed by atoms with E-state index in [0.29, 0.717) is 5.15 Å². The van der Waals surface area contributed by atoms with Gasteiger partial charge in [-0.15, -0.1) is 0 Å². The van der Waals surface area contributed by atoms with Gasteiger partial charge in [-0.25, -0.2) is 0 Å². The molecule has 2 rings (SSSR count). The Labute approximate surface area is 130 Å². The van der Waals surface area contributed by atoms with Gasteiger partial charge in [0.15, 0.2) is 0 Å². The van der Waals surface area contributed by atoms with Crippen molar-refractivity contribution in [3.63, 3.8) is 0 Å². The lowest BCUT2D eigenvalue weighted by Gasteiger charge is -2.16. The minimum atomic E-state index is 0.0898. The van der Waals surface area contributed by atoms with Crippen LogP contribution in [-0.2, 0) is 26.9 Å². The van der Waals surface area contributed by atoms with Crippen molar-refractivity contribution in [2.24, 2.45) is 19.9 Å². The number of nitrogens with two attached hydrogens (primary N) is 1. The third-order valence-corrected chi connectivity index (χ3v) is 4.54. The van der Waals surface area contributed by atoms with E-state index >= 15 is 0 Å². The maximum atomic E-state index is 6.30. The molecule has 7 heteroatoms. The quantitative estimate of drug-likeness (QED) is 0.646. The zero-order valence-electron chi connectivity index (χ0n) is 13.2. The van der Waals surface area contributed by atoms with E-state index in [1.165, 1.54) is 11.3 Å². The molecule has 0 aliphatic heterocycles. The third kappa shape index (κ3) is 3.12. The van der Waals surface area contributed by atoms with Crippen LogP contribution in [0.5, 0.6) is 0 Å². The normalized spacial score (nSPS) is 12.9. The van der Waals surface area contributed by atoms with Crippen LogP contribution in [0.25, 0.3) is 0 Å². The lowest BCUT2D eigenvalue weighted by atomic mass is 9.98. The first-order valence-corrected chi connectivity index (χ1v) is 7.36. The Bertz CT molecular complexity index is 588. The van der Waals surface area contributed by atoms with Crippen molar-refractivity contribution in [2.45, 2.75) is 39.7 Å². The Kier molecular flexibility index (Phi) is 4.70. The monoisotopic (exact) mass is 310 g/mol. The van der Waals surface area contributed by atoms with Gasteiger partial charge >= 0.3 is 0 Å². The van der Waals surface area contributed by atoms with Gasteiger partial charge in [-0.05, 0) is 39.2 Å². The van der Waals surface area contributed by atoms with E-state index in [-0.39, 0.29) is 6.04 Å². The van der Waals surface area contributed by atoms with Gasteiger partial charge in [0.1, 0.15) is 5.15 Å². The summed E-state index contributed by atoms with van der Waals surface area (Å²) in [7, 11) is 3.80. The molecule has 0 saturated carbocycles. The van der Waals surface area contributed by atoms with Gasteiger partial charge in [-0.3, -0.25) is 20.6 Å². The average Bonchev–Trinajstić information content (AvgIpc) is 2.81. The predicted octanol–water partition coefficient (Wildman–Crippen LogP) is 1.35. The van der Waals surface area contributed by atoms with E-state index in [1.807, 2.05) is 32.6 Å². The number of aromatic nitrogens is 4. The van der Waals surface area contributed by atoms with Gasteiger partial charge in [0.2, 0.25) is 0 Å². The fraction of sp³-hybridized carbons (Fsp3) is 0.571. The van der Waals surface area contributed by atoms with Gasteiger partial charge in [-0.1, -0.05) is 11.6 Å². The smallest absolute Gasteiger partial charge is 0.130 e. The molecule has 1 atom stereocenters. The third-order valence-electron chi connectivity index (χ3n) is 4.07.